The van der Waals surface area contributed by atoms with Gasteiger partial charge in [-0.05, 0) is 65.7 Å². The SMILES string of the molecule is Cc1cc(Sc2nnnn2C)ccc1CC(C)N. The summed E-state index contributed by atoms with van der Waals surface area (Å²) in [6.07, 6.45) is 0.905. The van der Waals surface area contributed by atoms with Crippen molar-refractivity contribution in [3.05, 3.63) is 29.3 Å². The van der Waals surface area contributed by atoms with Crippen LogP contribution in [-0.4, -0.2) is 26.2 Å². The largest absolute Gasteiger partial charge is 0.328 e. The maximum atomic E-state index is 5.83. The summed E-state index contributed by atoms with van der Waals surface area (Å²) in [7, 11) is 1.83. The van der Waals surface area contributed by atoms with Crippen LogP contribution < -0.4 is 5.73 Å². The van der Waals surface area contributed by atoms with E-state index in [1.165, 1.54) is 11.1 Å². The van der Waals surface area contributed by atoms with Crippen LogP contribution in [0.2, 0.25) is 0 Å². The normalized spacial score (nSPS) is 12.7. The summed E-state index contributed by atoms with van der Waals surface area (Å²) in [5, 5.41) is 12.2. The summed E-state index contributed by atoms with van der Waals surface area (Å²) in [5.74, 6) is 0. The molecule has 1 atom stereocenters. The summed E-state index contributed by atoms with van der Waals surface area (Å²) in [4.78, 5) is 1.14. The van der Waals surface area contributed by atoms with Crippen molar-refractivity contribution in [2.75, 3.05) is 0 Å². The molecule has 0 aliphatic carbocycles. The molecule has 0 amide bonds. The fourth-order valence-electron chi connectivity index (χ4n) is 1.72. The molecule has 0 fully saturated rings. The average Bonchev–Trinajstić information content (AvgIpc) is 2.68. The zero-order chi connectivity index (χ0) is 13.1. The first kappa shape index (κ1) is 13.0. The van der Waals surface area contributed by atoms with Gasteiger partial charge in [0.2, 0.25) is 5.16 Å². The number of aromatic nitrogens is 4. The van der Waals surface area contributed by atoms with Gasteiger partial charge in [-0.25, -0.2) is 4.68 Å². The minimum Gasteiger partial charge on any atom is -0.328 e. The van der Waals surface area contributed by atoms with Crippen molar-refractivity contribution >= 4 is 11.8 Å². The molecule has 2 aromatic rings. The van der Waals surface area contributed by atoms with Crippen LogP contribution in [-0.2, 0) is 13.5 Å². The molecule has 1 unspecified atom stereocenters. The van der Waals surface area contributed by atoms with Crippen LogP contribution in [0, 0.1) is 6.92 Å². The minimum atomic E-state index is 0.185. The molecule has 2 rings (SSSR count). The molecule has 0 saturated carbocycles. The summed E-state index contributed by atoms with van der Waals surface area (Å²) < 4.78 is 1.66. The summed E-state index contributed by atoms with van der Waals surface area (Å²) in [6.45, 7) is 4.13. The molecule has 0 radical (unpaired) electrons. The molecule has 1 heterocycles. The van der Waals surface area contributed by atoms with Gasteiger partial charge in [-0.1, -0.05) is 6.07 Å². The molecular formula is C12H17N5S. The lowest BCUT2D eigenvalue weighted by molar-refractivity contribution is 0.664. The van der Waals surface area contributed by atoms with E-state index < -0.39 is 0 Å². The Hall–Kier alpha value is -1.40. The van der Waals surface area contributed by atoms with Crippen LogP contribution in [0.3, 0.4) is 0 Å². The van der Waals surface area contributed by atoms with Gasteiger partial charge in [0.1, 0.15) is 0 Å². The van der Waals surface area contributed by atoms with Crippen molar-refractivity contribution in [1.29, 1.82) is 0 Å². The second kappa shape index (κ2) is 5.49. The third-order valence-corrected chi connectivity index (χ3v) is 3.66. The maximum Gasteiger partial charge on any atom is 0.213 e. The predicted molar refractivity (Wildman–Crippen MR) is 71.5 cm³/mol. The van der Waals surface area contributed by atoms with Gasteiger partial charge in [0.05, 0.1) is 0 Å². The number of rotatable bonds is 4. The van der Waals surface area contributed by atoms with Gasteiger partial charge in [0, 0.05) is 18.0 Å². The van der Waals surface area contributed by atoms with Crippen molar-refractivity contribution in [2.45, 2.75) is 36.4 Å². The Morgan fingerprint density at radius 3 is 2.78 bits per heavy atom. The Bertz CT molecular complexity index is 535. The van der Waals surface area contributed by atoms with Gasteiger partial charge < -0.3 is 5.73 Å². The predicted octanol–water partition coefficient (Wildman–Crippen LogP) is 1.56. The van der Waals surface area contributed by atoms with Gasteiger partial charge >= 0.3 is 0 Å². The molecule has 2 N–H and O–H groups in total. The van der Waals surface area contributed by atoms with E-state index in [1.54, 1.807) is 16.4 Å². The molecule has 0 aliphatic rings. The number of benzene rings is 1. The Labute approximate surface area is 111 Å². The Balaban J connectivity index is 2.16. The third kappa shape index (κ3) is 3.08. The highest BCUT2D eigenvalue weighted by Gasteiger charge is 2.07. The number of tetrazole rings is 1. The van der Waals surface area contributed by atoms with E-state index in [0.29, 0.717) is 0 Å². The molecule has 96 valence electrons. The van der Waals surface area contributed by atoms with Crippen LogP contribution in [0.15, 0.2) is 28.3 Å². The van der Waals surface area contributed by atoms with Crippen LogP contribution in [0.5, 0.6) is 0 Å². The van der Waals surface area contributed by atoms with Gasteiger partial charge in [0.25, 0.3) is 0 Å². The van der Waals surface area contributed by atoms with Crippen molar-refractivity contribution in [2.24, 2.45) is 12.8 Å². The summed E-state index contributed by atoms with van der Waals surface area (Å²) in [5.41, 5.74) is 8.38. The Morgan fingerprint density at radius 2 is 2.22 bits per heavy atom. The second-order valence-electron chi connectivity index (χ2n) is 4.46. The highest BCUT2D eigenvalue weighted by atomic mass is 32.2. The summed E-state index contributed by atoms with van der Waals surface area (Å²) >= 11 is 1.56. The first-order valence-corrected chi connectivity index (χ1v) is 6.63. The monoisotopic (exact) mass is 263 g/mol. The maximum absolute atomic E-state index is 5.83. The van der Waals surface area contributed by atoms with Crippen LogP contribution >= 0.6 is 11.8 Å². The number of hydrogen-bond acceptors (Lipinski definition) is 5. The standard InChI is InChI=1S/C12H17N5S/c1-8-6-11(5-4-10(8)7-9(2)13)18-12-14-15-16-17(12)3/h4-6,9H,7,13H2,1-3H3. The number of hydrogen-bond donors (Lipinski definition) is 1. The van der Waals surface area contributed by atoms with Crippen LogP contribution in [0.1, 0.15) is 18.1 Å². The van der Waals surface area contributed by atoms with Crippen molar-refractivity contribution in [3.63, 3.8) is 0 Å². The Kier molecular flexibility index (Phi) is 3.98. The summed E-state index contributed by atoms with van der Waals surface area (Å²) in [6, 6.07) is 6.55. The lowest BCUT2D eigenvalue weighted by atomic mass is 10.0. The minimum absolute atomic E-state index is 0.185. The van der Waals surface area contributed by atoms with E-state index in [2.05, 4.69) is 40.6 Å². The number of nitrogens with two attached hydrogens (primary N) is 1. The van der Waals surface area contributed by atoms with E-state index >= 15 is 0 Å². The molecule has 1 aromatic carbocycles. The molecule has 0 aliphatic heterocycles. The van der Waals surface area contributed by atoms with Gasteiger partial charge in [-0.15, -0.1) is 5.10 Å². The van der Waals surface area contributed by atoms with Gasteiger partial charge in [0.15, 0.2) is 0 Å². The first-order chi connectivity index (χ1) is 8.56. The van der Waals surface area contributed by atoms with E-state index in [4.69, 9.17) is 5.73 Å². The van der Waals surface area contributed by atoms with Crippen LogP contribution in [0.25, 0.3) is 0 Å². The quantitative estimate of drug-likeness (QED) is 0.906. The van der Waals surface area contributed by atoms with E-state index in [9.17, 15) is 0 Å². The molecule has 5 nitrogen and oxygen atoms in total. The number of nitrogens with zero attached hydrogens (tertiary/aromatic N) is 4. The van der Waals surface area contributed by atoms with Gasteiger partial charge in [-0.2, -0.15) is 0 Å². The van der Waals surface area contributed by atoms with E-state index in [-0.39, 0.29) is 6.04 Å². The van der Waals surface area contributed by atoms with Crippen LogP contribution in [0.4, 0.5) is 0 Å². The number of aryl methyl sites for hydroxylation is 2. The molecule has 6 heteroatoms. The van der Waals surface area contributed by atoms with Crippen molar-refractivity contribution < 1.29 is 0 Å². The van der Waals surface area contributed by atoms with E-state index in [1.807, 2.05) is 14.0 Å². The smallest absolute Gasteiger partial charge is 0.213 e. The molecule has 1 aromatic heterocycles. The van der Waals surface area contributed by atoms with Crippen molar-refractivity contribution in [3.8, 4) is 0 Å². The molecule has 18 heavy (non-hydrogen) atoms. The fraction of sp³-hybridized carbons (Fsp3) is 0.417. The van der Waals surface area contributed by atoms with Crippen molar-refractivity contribution in [1.82, 2.24) is 20.2 Å². The topological polar surface area (TPSA) is 69.6 Å². The molecule has 0 spiro atoms. The lowest BCUT2D eigenvalue weighted by Crippen LogP contribution is -2.18. The zero-order valence-corrected chi connectivity index (χ0v) is 11.6. The third-order valence-electron chi connectivity index (χ3n) is 2.65. The second-order valence-corrected chi connectivity index (χ2v) is 5.50. The lowest BCUT2D eigenvalue weighted by Gasteiger charge is -2.10. The van der Waals surface area contributed by atoms with E-state index in [0.717, 1.165) is 16.5 Å². The molecule has 0 saturated heterocycles. The highest BCUT2D eigenvalue weighted by Crippen LogP contribution is 2.26. The molecule has 0 bridgehead atoms. The fourth-order valence-corrected chi connectivity index (χ4v) is 2.55. The molecular weight excluding hydrogens is 246 g/mol. The highest BCUT2D eigenvalue weighted by molar-refractivity contribution is 7.99. The average molecular weight is 263 g/mol. The Morgan fingerprint density at radius 1 is 1.44 bits per heavy atom. The van der Waals surface area contributed by atoms with Gasteiger partial charge in [-0.3, -0.25) is 0 Å². The zero-order valence-electron chi connectivity index (χ0n) is 10.8. The first-order valence-electron chi connectivity index (χ1n) is 5.81.